The Morgan fingerprint density at radius 1 is 1.27 bits per heavy atom. The maximum atomic E-state index is 12.2. The summed E-state index contributed by atoms with van der Waals surface area (Å²) in [6.07, 6.45) is -0.891. The van der Waals surface area contributed by atoms with Crippen LogP contribution in [0, 0.1) is 0 Å². The van der Waals surface area contributed by atoms with Crippen LogP contribution in [0.25, 0.3) is 0 Å². The summed E-state index contributed by atoms with van der Waals surface area (Å²) in [4.78, 5) is 24.1. The summed E-state index contributed by atoms with van der Waals surface area (Å²) in [7, 11) is 0. The molecule has 0 radical (unpaired) electrons. The first kappa shape index (κ1) is 18.0. The van der Waals surface area contributed by atoms with E-state index in [-0.39, 0.29) is 12.5 Å². The van der Waals surface area contributed by atoms with E-state index in [1.54, 1.807) is 24.3 Å². The number of aliphatic hydroxyl groups excluding tert-OH is 1. The summed E-state index contributed by atoms with van der Waals surface area (Å²) < 4.78 is 5.21. The molecule has 0 aliphatic carbocycles. The second-order valence-electron chi connectivity index (χ2n) is 5.98. The molecule has 1 rings (SSSR count). The van der Waals surface area contributed by atoms with Crippen LogP contribution in [0.1, 0.15) is 38.1 Å². The number of nitrogens with one attached hydrogen (secondary N) is 2. The average Bonchev–Trinajstić information content (AvgIpc) is 2.43. The molecule has 0 bridgehead atoms. The van der Waals surface area contributed by atoms with Gasteiger partial charge in [-0.3, -0.25) is 4.79 Å². The molecule has 122 valence electrons. The zero-order valence-electron chi connectivity index (χ0n) is 13.5. The van der Waals surface area contributed by atoms with Gasteiger partial charge in [0.15, 0.2) is 6.10 Å². The molecule has 0 spiro atoms. The van der Waals surface area contributed by atoms with Gasteiger partial charge in [-0.15, -0.1) is 0 Å². The molecule has 0 saturated heterocycles. The maximum absolute atomic E-state index is 12.2. The SMILES string of the molecule is C[C@H](OC(=O)c1ccccc1NCCO)C(=O)NC(C)(C)C. The Kier molecular flexibility index (Phi) is 6.37. The number of hydrogen-bond donors (Lipinski definition) is 3. The van der Waals surface area contributed by atoms with Gasteiger partial charge in [0, 0.05) is 17.8 Å². The van der Waals surface area contributed by atoms with Crippen molar-refractivity contribution in [2.24, 2.45) is 0 Å². The number of carbonyl (C=O) groups is 2. The lowest BCUT2D eigenvalue weighted by Crippen LogP contribution is -2.46. The van der Waals surface area contributed by atoms with Crippen LogP contribution in [0.15, 0.2) is 24.3 Å². The molecule has 0 unspecified atom stereocenters. The van der Waals surface area contributed by atoms with Gasteiger partial charge < -0.3 is 20.5 Å². The first-order valence-corrected chi connectivity index (χ1v) is 7.21. The lowest BCUT2D eigenvalue weighted by atomic mass is 10.1. The van der Waals surface area contributed by atoms with E-state index in [2.05, 4.69) is 10.6 Å². The van der Waals surface area contributed by atoms with Crippen LogP contribution < -0.4 is 10.6 Å². The molecule has 0 saturated carbocycles. The van der Waals surface area contributed by atoms with Crippen molar-refractivity contribution in [1.29, 1.82) is 0 Å². The normalized spacial score (nSPS) is 12.4. The van der Waals surface area contributed by atoms with Gasteiger partial charge in [-0.2, -0.15) is 0 Å². The van der Waals surface area contributed by atoms with Crippen LogP contribution >= 0.6 is 0 Å². The van der Waals surface area contributed by atoms with Crippen molar-refractivity contribution in [2.75, 3.05) is 18.5 Å². The van der Waals surface area contributed by atoms with Gasteiger partial charge in [0.05, 0.1) is 12.2 Å². The van der Waals surface area contributed by atoms with Crippen molar-refractivity contribution >= 4 is 17.6 Å². The lowest BCUT2D eigenvalue weighted by Gasteiger charge is -2.23. The van der Waals surface area contributed by atoms with E-state index >= 15 is 0 Å². The fraction of sp³-hybridized carbons (Fsp3) is 0.500. The molecule has 3 N–H and O–H groups in total. The number of hydrogen-bond acceptors (Lipinski definition) is 5. The number of rotatable bonds is 6. The van der Waals surface area contributed by atoms with Crippen molar-refractivity contribution < 1.29 is 19.4 Å². The topological polar surface area (TPSA) is 87.7 Å². The Balaban J connectivity index is 2.74. The Labute approximate surface area is 130 Å². The van der Waals surface area contributed by atoms with E-state index in [1.807, 2.05) is 20.8 Å². The van der Waals surface area contributed by atoms with Crippen molar-refractivity contribution in [3.05, 3.63) is 29.8 Å². The molecule has 1 aromatic carbocycles. The van der Waals surface area contributed by atoms with Crippen molar-refractivity contribution in [3.63, 3.8) is 0 Å². The number of benzene rings is 1. The van der Waals surface area contributed by atoms with Gasteiger partial charge in [0.25, 0.3) is 5.91 Å². The van der Waals surface area contributed by atoms with Crippen LogP contribution in [0.3, 0.4) is 0 Å². The fourth-order valence-electron chi connectivity index (χ4n) is 1.75. The van der Waals surface area contributed by atoms with E-state index in [4.69, 9.17) is 9.84 Å². The van der Waals surface area contributed by atoms with Gasteiger partial charge in [0.1, 0.15) is 0 Å². The first-order valence-electron chi connectivity index (χ1n) is 7.21. The quantitative estimate of drug-likeness (QED) is 0.694. The van der Waals surface area contributed by atoms with Gasteiger partial charge in [0.2, 0.25) is 0 Å². The van der Waals surface area contributed by atoms with Crippen molar-refractivity contribution in [2.45, 2.75) is 39.3 Å². The van der Waals surface area contributed by atoms with Gasteiger partial charge in [-0.25, -0.2) is 4.79 Å². The van der Waals surface area contributed by atoms with E-state index in [0.29, 0.717) is 17.8 Å². The van der Waals surface area contributed by atoms with Crippen LogP contribution in [0.5, 0.6) is 0 Å². The van der Waals surface area contributed by atoms with Crippen molar-refractivity contribution in [1.82, 2.24) is 5.32 Å². The monoisotopic (exact) mass is 308 g/mol. The molecule has 6 nitrogen and oxygen atoms in total. The molecule has 0 heterocycles. The molecule has 0 aromatic heterocycles. The second kappa shape index (κ2) is 7.79. The summed E-state index contributed by atoms with van der Waals surface area (Å²) in [5, 5.41) is 14.5. The standard InChI is InChI=1S/C16H24N2O4/c1-11(14(20)18-16(2,3)4)22-15(21)12-7-5-6-8-13(12)17-9-10-19/h5-8,11,17,19H,9-10H2,1-4H3,(H,18,20)/t11-/m0/s1. The smallest absolute Gasteiger partial charge is 0.341 e. The highest BCUT2D eigenvalue weighted by Crippen LogP contribution is 2.17. The molecule has 0 fully saturated rings. The Morgan fingerprint density at radius 3 is 2.50 bits per heavy atom. The molecule has 1 atom stereocenters. The number of aliphatic hydroxyl groups is 1. The highest BCUT2D eigenvalue weighted by Gasteiger charge is 2.23. The number of carbonyl (C=O) groups excluding carboxylic acids is 2. The molecular formula is C16H24N2O4. The number of ether oxygens (including phenoxy) is 1. The summed E-state index contributed by atoms with van der Waals surface area (Å²) in [5.41, 5.74) is 0.495. The lowest BCUT2D eigenvalue weighted by molar-refractivity contribution is -0.130. The predicted molar refractivity (Wildman–Crippen MR) is 84.8 cm³/mol. The van der Waals surface area contributed by atoms with Crippen LogP contribution in [-0.2, 0) is 9.53 Å². The van der Waals surface area contributed by atoms with Crippen LogP contribution in [0.2, 0.25) is 0 Å². The van der Waals surface area contributed by atoms with E-state index < -0.39 is 17.6 Å². The molecule has 22 heavy (non-hydrogen) atoms. The van der Waals surface area contributed by atoms with Gasteiger partial charge in [-0.05, 0) is 39.8 Å². The van der Waals surface area contributed by atoms with Crippen LogP contribution in [-0.4, -0.2) is 41.8 Å². The maximum Gasteiger partial charge on any atom is 0.341 e. The van der Waals surface area contributed by atoms with Crippen LogP contribution in [0.4, 0.5) is 5.69 Å². The predicted octanol–water partition coefficient (Wildman–Crippen LogP) is 1.55. The zero-order valence-corrected chi connectivity index (χ0v) is 13.5. The molecule has 1 aromatic rings. The fourth-order valence-corrected chi connectivity index (χ4v) is 1.75. The molecule has 0 aliphatic heterocycles. The third-order valence-electron chi connectivity index (χ3n) is 2.73. The summed E-state index contributed by atoms with van der Waals surface area (Å²) >= 11 is 0. The summed E-state index contributed by atoms with van der Waals surface area (Å²) in [5.74, 6) is -0.931. The van der Waals surface area contributed by atoms with Gasteiger partial charge in [-0.1, -0.05) is 12.1 Å². The number of para-hydroxylation sites is 1. The third kappa shape index (κ3) is 5.73. The second-order valence-corrected chi connectivity index (χ2v) is 5.98. The van der Waals surface area contributed by atoms with E-state index in [9.17, 15) is 9.59 Å². The minimum Gasteiger partial charge on any atom is -0.449 e. The summed E-state index contributed by atoms with van der Waals surface area (Å²) in [6.45, 7) is 7.37. The zero-order chi connectivity index (χ0) is 16.8. The average molecular weight is 308 g/mol. The molecule has 6 heteroatoms. The minimum atomic E-state index is -0.891. The van der Waals surface area contributed by atoms with Crippen molar-refractivity contribution in [3.8, 4) is 0 Å². The van der Waals surface area contributed by atoms with E-state index in [0.717, 1.165) is 0 Å². The third-order valence-corrected chi connectivity index (χ3v) is 2.73. The number of amides is 1. The largest absolute Gasteiger partial charge is 0.449 e. The number of esters is 1. The van der Waals surface area contributed by atoms with E-state index in [1.165, 1.54) is 6.92 Å². The summed E-state index contributed by atoms with van der Waals surface area (Å²) in [6, 6.07) is 6.80. The molecule has 0 aliphatic rings. The Hall–Kier alpha value is -2.08. The highest BCUT2D eigenvalue weighted by atomic mass is 16.5. The first-order chi connectivity index (χ1) is 10.2. The Morgan fingerprint density at radius 2 is 1.91 bits per heavy atom. The molecular weight excluding hydrogens is 284 g/mol. The van der Waals surface area contributed by atoms with Gasteiger partial charge >= 0.3 is 5.97 Å². The minimum absolute atomic E-state index is 0.0478. The molecule has 1 amide bonds. The number of anilines is 1. The highest BCUT2D eigenvalue weighted by molar-refractivity contribution is 5.97. The Bertz CT molecular complexity index is 523.